The number of hydrogen-bond acceptors (Lipinski definition) is 2. The monoisotopic (exact) mass is 337 g/mol. The van der Waals surface area contributed by atoms with Gasteiger partial charge in [-0.25, -0.2) is 4.39 Å². The third-order valence-electron chi connectivity index (χ3n) is 2.96. The van der Waals surface area contributed by atoms with Crippen LogP contribution >= 0.6 is 15.9 Å². The highest BCUT2D eigenvalue weighted by Gasteiger charge is 2.05. The van der Waals surface area contributed by atoms with Gasteiger partial charge in [0.05, 0.1) is 7.11 Å². The average molecular weight is 338 g/mol. The van der Waals surface area contributed by atoms with Crippen molar-refractivity contribution >= 4 is 15.9 Å². The first-order valence-corrected chi connectivity index (χ1v) is 7.12. The summed E-state index contributed by atoms with van der Waals surface area (Å²) in [5.41, 5.74) is 2.12. The predicted octanol–water partition coefficient (Wildman–Crippen LogP) is 4.23. The van der Waals surface area contributed by atoms with E-state index in [9.17, 15) is 4.39 Å². The Labute approximate surface area is 127 Å². The lowest BCUT2D eigenvalue weighted by atomic mass is 10.1. The van der Waals surface area contributed by atoms with Crippen molar-refractivity contribution in [3.8, 4) is 5.75 Å². The van der Waals surface area contributed by atoms with Gasteiger partial charge in [-0.15, -0.1) is 0 Å². The van der Waals surface area contributed by atoms with E-state index in [4.69, 9.17) is 4.74 Å². The van der Waals surface area contributed by atoms with Crippen molar-refractivity contribution in [3.63, 3.8) is 0 Å². The van der Waals surface area contributed by atoms with Gasteiger partial charge in [-0.3, -0.25) is 4.90 Å². The van der Waals surface area contributed by atoms with Gasteiger partial charge in [0.15, 0.2) is 0 Å². The van der Waals surface area contributed by atoms with Gasteiger partial charge >= 0.3 is 0 Å². The van der Waals surface area contributed by atoms with Crippen LogP contribution in [0.1, 0.15) is 11.1 Å². The minimum atomic E-state index is -0.218. The van der Waals surface area contributed by atoms with E-state index in [1.54, 1.807) is 13.2 Å². The summed E-state index contributed by atoms with van der Waals surface area (Å²) in [5, 5.41) is 0. The highest BCUT2D eigenvalue weighted by Crippen LogP contribution is 2.18. The standard InChI is InChI=1S/C16H17BrFNO/c1-19(10-12-4-3-5-16(8-12)20-2)11-13-6-14(17)9-15(18)7-13/h3-9H,10-11H2,1-2H3. The fourth-order valence-corrected chi connectivity index (χ4v) is 2.67. The molecule has 0 bridgehead atoms. The summed E-state index contributed by atoms with van der Waals surface area (Å²) >= 11 is 3.31. The van der Waals surface area contributed by atoms with Crippen molar-refractivity contribution in [2.75, 3.05) is 14.2 Å². The largest absolute Gasteiger partial charge is 0.497 e. The molecule has 0 spiro atoms. The Morgan fingerprint density at radius 1 is 1.10 bits per heavy atom. The molecular formula is C16H17BrFNO. The summed E-state index contributed by atoms with van der Waals surface area (Å²) in [7, 11) is 3.67. The van der Waals surface area contributed by atoms with Gasteiger partial charge in [0.2, 0.25) is 0 Å². The highest BCUT2D eigenvalue weighted by molar-refractivity contribution is 9.10. The Kier molecular flexibility index (Phi) is 5.15. The van der Waals surface area contributed by atoms with E-state index in [2.05, 4.69) is 26.9 Å². The molecule has 0 aromatic heterocycles. The molecule has 2 nitrogen and oxygen atoms in total. The molecule has 4 heteroatoms. The number of hydrogen-bond donors (Lipinski definition) is 0. The molecule has 106 valence electrons. The zero-order valence-corrected chi connectivity index (χ0v) is 13.2. The molecule has 0 unspecified atom stereocenters. The first-order valence-electron chi connectivity index (χ1n) is 6.33. The first-order chi connectivity index (χ1) is 9.56. The summed E-state index contributed by atoms with van der Waals surface area (Å²) in [6.07, 6.45) is 0. The van der Waals surface area contributed by atoms with E-state index in [1.165, 1.54) is 11.6 Å². The van der Waals surface area contributed by atoms with Crippen LogP contribution in [0.5, 0.6) is 5.75 Å². The molecule has 0 N–H and O–H groups in total. The molecule has 0 saturated heterocycles. The number of ether oxygens (including phenoxy) is 1. The van der Waals surface area contributed by atoms with Crippen molar-refractivity contribution in [1.82, 2.24) is 4.90 Å². The maximum atomic E-state index is 13.3. The van der Waals surface area contributed by atoms with E-state index in [0.29, 0.717) is 6.54 Å². The molecule has 0 aliphatic rings. The summed E-state index contributed by atoms with van der Waals surface area (Å²) in [6, 6.07) is 12.9. The van der Waals surface area contributed by atoms with Crippen LogP contribution in [0.15, 0.2) is 46.9 Å². The molecule has 2 aromatic carbocycles. The van der Waals surface area contributed by atoms with Crippen molar-refractivity contribution in [2.24, 2.45) is 0 Å². The Morgan fingerprint density at radius 3 is 2.55 bits per heavy atom. The second kappa shape index (κ2) is 6.86. The van der Waals surface area contributed by atoms with E-state index in [1.807, 2.05) is 31.3 Å². The quantitative estimate of drug-likeness (QED) is 0.809. The molecule has 2 aromatic rings. The maximum absolute atomic E-state index is 13.3. The Hall–Kier alpha value is -1.39. The molecule has 0 fully saturated rings. The third kappa shape index (κ3) is 4.32. The summed E-state index contributed by atoms with van der Waals surface area (Å²) in [4.78, 5) is 2.13. The molecule has 2 rings (SSSR count). The molecule has 0 aliphatic heterocycles. The fourth-order valence-electron chi connectivity index (χ4n) is 2.15. The molecular weight excluding hydrogens is 321 g/mol. The van der Waals surface area contributed by atoms with Crippen LogP contribution < -0.4 is 4.74 Å². The van der Waals surface area contributed by atoms with E-state index >= 15 is 0 Å². The average Bonchev–Trinajstić information content (AvgIpc) is 2.37. The summed E-state index contributed by atoms with van der Waals surface area (Å²) < 4.78 is 19.3. The van der Waals surface area contributed by atoms with Crippen LogP contribution in [0.3, 0.4) is 0 Å². The van der Waals surface area contributed by atoms with E-state index in [0.717, 1.165) is 22.3 Å². The molecule has 0 atom stereocenters. The van der Waals surface area contributed by atoms with Gasteiger partial charge in [-0.1, -0.05) is 28.1 Å². The SMILES string of the molecule is COc1cccc(CN(C)Cc2cc(F)cc(Br)c2)c1. The maximum Gasteiger partial charge on any atom is 0.124 e. The lowest BCUT2D eigenvalue weighted by Crippen LogP contribution is -2.17. The molecule has 0 radical (unpaired) electrons. The third-order valence-corrected chi connectivity index (χ3v) is 3.42. The van der Waals surface area contributed by atoms with Crippen LogP contribution in [0.4, 0.5) is 4.39 Å². The zero-order chi connectivity index (χ0) is 14.5. The lowest BCUT2D eigenvalue weighted by molar-refractivity contribution is 0.317. The van der Waals surface area contributed by atoms with Gasteiger partial charge in [-0.2, -0.15) is 0 Å². The Morgan fingerprint density at radius 2 is 1.85 bits per heavy atom. The van der Waals surface area contributed by atoms with Gasteiger partial charge in [0.25, 0.3) is 0 Å². The van der Waals surface area contributed by atoms with Gasteiger partial charge in [0.1, 0.15) is 11.6 Å². The Balaban J connectivity index is 2.02. The van der Waals surface area contributed by atoms with Crippen molar-refractivity contribution in [3.05, 3.63) is 63.9 Å². The second-order valence-electron chi connectivity index (χ2n) is 4.80. The Bertz CT molecular complexity index is 568. The van der Waals surface area contributed by atoms with Crippen LogP contribution in [-0.4, -0.2) is 19.1 Å². The van der Waals surface area contributed by atoms with Crippen molar-refractivity contribution < 1.29 is 9.13 Å². The predicted molar refractivity (Wildman–Crippen MR) is 82.3 cm³/mol. The normalized spacial score (nSPS) is 10.8. The minimum Gasteiger partial charge on any atom is -0.497 e. The topological polar surface area (TPSA) is 12.5 Å². The molecule has 0 aliphatic carbocycles. The van der Waals surface area contributed by atoms with Crippen molar-refractivity contribution in [1.29, 1.82) is 0 Å². The second-order valence-corrected chi connectivity index (χ2v) is 5.72. The molecule has 20 heavy (non-hydrogen) atoms. The highest BCUT2D eigenvalue weighted by atomic mass is 79.9. The number of benzene rings is 2. The van der Waals surface area contributed by atoms with Gasteiger partial charge in [0, 0.05) is 17.6 Å². The van der Waals surface area contributed by atoms with E-state index < -0.39 is 0 Å². The molecule has 0 heterocycles. The smallest absolute Gasteiger partial charge is 0.124 e. The first kappa shape index (κ1) is 15.0. The summed E-state index contributed by atoms with van der Waals surface area (Å²) in [6.45, 7) is 1.47. The van der Waals surface area contributed by atoms with Gasteiger partial charge in [-0.05, 0) is 48.5 Å². The van der Waals surface area contributed by atoms with Crippen molar-refractivity contribution in [2.45, 2.75) is 13.1 Å². The van der Waals surface area contributed by atoms with E-state index in [-0.39, 0.29) is 5.82 Å². The molecule has 0 amide bonds. The van der Waals surface area contributed by atoms with Crippen LogP contribution in [-0.2, 0) is 13.1 Å². The molecule has 0 saturated carbocycles. The van der Waals surface area contributed by atoms with Crippen LogP contribution in [0.25, 0.3) is 0 Å². The zero-order valence-electron chi connectivity index (χ0n) is 11.6. The fraction of sp³-hybridized carbons (Fsp3) is 0.250. The summed E-state index contributed by atoms with van der Waals surface area (Å²) in [5.74, 6) is 0.633. The number of rotatable bonds is 5. The van der Waals surface area contributed by atoms with Crippen LogP contribution in [0, 0.1) is 5.82 Å². The van der Waals surface area contributed by atoms with Gasteiger partial charge < -0.3 is 4.74 Å². The number of methoxy groups -OCH3 is 1. The van der Waals surface area contributed by atoms with Crippen LogP contribution in [0.2, 0.25) is 0 Å². The lowest BCUT2D eigenvalue weighted by Gasteiger charge is -2.17. The number of halogens is 2. The minimum absolute atomic E-state index is 0.218. The number of nitrogens with zero attached hydrogens (tertiary/aromatic N) is 1.